The van der Waals surface area contributed by atoms with Crippen LogP contribution >= 0.6 is 35.3 Å². The van der Waals surface area contributed by atoms with Crippen molar-refractivity contribution in [1.82, 2.24) is 9.97 Å². The lowest BCUT2D eigenvalue weighted by molar-refractivity contribution is -0.137. The Bertz CT molecular complexity index is 997. The molecule has 0 saturated carbocycles. The first-order valence-electron chi connectivity index (χ1n) is 10.0. The zero-order chi connectivity index (χ0) is 22.3. The number of fused-ring (bicyclic) bond motifs is 1. The number of carboxylic acid groups (broad SMARTS) is 1. The zero-order valence-corrected chi connectivity index (χ0v) is 20.4. The molecule has 0 spiro atoms. The number of thioether (sulfide) groups is 3. The van der Waals surface area contributed by atoms with Crippen molar-refractivity contribution < 1.29 is 14.6 Å². The van der Waals surface area contributed by atoms with Crippen molar-refractivity contribution in [3.8, 4) is 17.6 Å². The van der Waals surface area contributed by atoms with Gasteiger partial charge in [-0.1, -0.05) is 5.92 Å². The Morgan fingerprint density at radius 2 is 2.00 bits per heavy atom. The summed E-state index contributed by atoms with van der Waals surface area (Å²) in [6.07, 6.45) is 13.0. The number of rotatable bonds is 8. The summed E-state index contributed by atoms with van der Waals surface area (Å²) in [7, 11) is 0. The van der Waals surface area contributed by atoms with E-state index in [9.17, 15) is 4.79 Å². The average molecular weight is 475 g/mol. The monoisotopic (exact) mass is 474 g/mol. The number of benzene rings is 1. The van der Waals surface area contributed by atoms with E-state index in [0.29, 0.717) is 18.5 Å². The molecule has 2 heterocycles. The summed E-state index contributed by atoms with van der Waals surface area (Å²) in [6, 6.07) is 4.28. The van der Waals surface area contributed by atoms with Gasteiger partial charge in [-0.05, 0) is 56.1 Å². The molecule has 0 radical (unpaired) electrons. The van der Waals surface area contributed by atoms with Crippen molar-refractivity contribution in [2.45, 2.75) is 41.1 Å². The number of ether oxygens (including phenoxy) is 1. The first-order valence-corrected chi connectivity index (χ1v) is 13.7. The molecule has 1 N–H and O–H groups in total. The molecule has 0 atom stereocenters. The van der Waals surface area contributed by atoms with E-state index in [4.69, 9.17) is 9.84 Å². The number of hydrogen-bond donors (Lipinski definition) is 1. The Kier molecular flexibility index (Phi) is 8.58. The summed E-state index contributed by atoms with van der Waals surface area (Å²) < 4.78 is 5.96. The molecule has 0 unspecified atom stereocenters. The number of hydrogen-bond acceptors (Lipinski definition) is 7. The molecule has 1 aliphatic rings. The number of aliphatic carboxylic acids is 1. The molecule has 1 aliphatic heterocycles. The predicted octanol–water partition coefficient (Wildman–Crippen LogP) is 5.06. The number of aryl methyl sites for hydroxylation is 1. The number of nitrogens with zero attached hydrogens (tertiary/aromatic N) is 2. The lowest BCUT2D eigenvalue weighted by atomic mass is 10.0. The van der Waals surface area contributed by atoms with Gasteiger partial charge in [-0.15, -0.1) is 35.3 Å². The molecule has 164 valence electrons. The van der Waals surface area contributed by atoms with Gasteiger partial charge in [-0.25, -0.2) is 4.98 Å². The van der Waals surface area contributed by atoms with E-state index in [1.54, 1.807) is 24.2 Å². The van der Waals surface area contributed by atoms with E-state index in [0.717, 1.165) is 41.4 Å². The van der Waals surface area contributed by atoms with Crippen LogP contribution in [0.5, 0.6) is 5.75 Å². The Morgan fingerprint density at radius 3 is 2.71 bits per heavy atom. The number of carbonyl (C=O) groups is 1. The SMILES string of the molecule is CSc1cc2c(cc1C#Cc1cncc(CCCCC(=O)O)n1)C(SC)(SC)CCO2. The Morgan fingerprint density at radius 1 is 1.19 bits per heavy atom. The van der Waals surface area contributed by atoms with Gasteiger partial charge in [0.05, 0.1) is 22.6 Å². The maximum Gasteiger partial charge on any atom is 0.303 e. The average Bonchev–Trinajstić information content (AvgIpc) is 2.79. The molecule has 5 nitrogen and oxygen atoms in total. The summed E-state index contributed by atoms with van der Waals surface area (Å²) >= 11 is 5.37. The van der Waals surface area contributed by atoms with Crippen LogP contribution in [0.2, 0.25) is 0 Å². The lowest BCUT2D eigenvalue weighted by Gasteiger charge is -2.36. The van der Waals surface area contributed by atoms with Crippen LogP contribution in [0.3, 0.4) is 0 Å². The second-order valence-electron chi connectivity index (χ2n) is 7.05. The second-order valence-corrected chi connectivity index (χ2v) is 10.4. The first-order chi connectivity index (χ1) is 15.0. The van der Waals surface area contributed by atoms with Gasteiger partial charge < -0.3 is 9.84 Å². The Labute approximate surface area is 196 Å². The van der Waals surface area contributed by atoms with Gasteiger partial charge in [-0.3, -0.25) is 9.78 Å². The number of unbranched alkanes of at least 4 members (excludes halogenated alkanes) is 1. The van der Waals surface area contributed by atoms with Gasteiger partial charge in [0.2, 0.25) is 0 Å². The molecular weight excluding hydrogens is 448 g/mol. The molecular formula is C23H26N2O3S3. The van der Waals surface area contributed by atoms with E-state index in [2.05, 4.69) is 46.5 Å². The summed E-state index contributed by atoms with van der Waals surface area (Å²) in [5, 5.41) is 8.76. The van der Waals surface area contributed by atoms with Crippen LogP contribution in [0.15, 0.2) is 29.4 Å². The summed E-state index contributed by atoms with van der Waals surface area (Å²) in [6.45, 7) is 0.725. The summed E-state index contributed by atoms with van der Waals surface area (Å²) in [5.41, 5.74) is 3.62. The highest BCUT2D eigenvalue weighted by Gasteiger charge is 2.37. The molecule has 2 aromatic rings. The van der Waals surface area contributed by atoms with Crippen molar-refractivity contribution in [3.05, 3.63) is 47.0 Å². The third-order valence-corrected chi connectivity index (χ3v) is 9.09. The Hall–Kier alpha value is -1.82. The molecule has 1 aromatic heterocycles. The maximum atomic E-state index is 10.6. The standard InChI is InChI=1S/C23H26N2O3S3/c1-29-21-13-20-19(23(30-2,31-3)10-11-28-20)12-16(21)8-9-18-15-24-14-17(25-18)6-4-5-7-22(26)27/h12-15H,4-7,10-11H2,1-3H3,(H,26,27). The zero-order valence-electron chi connectivity index (χ0n) is 17.9. The van der Waals surface area contributed by atoms with Gasteiger partial charge in [0.1, 0.15) is 11.4 Å². The third kappa shape index (κ3) is 5.91. The van der Waals surface area contributed by atoms with Crippen LogP contribution in [0, 0.1) is 11.8 Å². The van der Waals surface area contributed by atoms with Gasteiger partial charge >= 0.3 is 5.97 Å². The maximum absolute atomic E-state index is 10.6. The normalized spacial score (nSPS) is 14.2. The molecule has 0 saturated heterocycles. The van der Waals surface area contributed by atoms with E-state index < -0.39 is 5.97 Å². The minimum Gasteiger partial charge on any atom is -0.493 e. The fourth-order valence-corrected chi connectivity index (χ4v) is 6.04. The van der Waals surface area contributed by atoms with Crippen LogP contribution in [-0.4, -0.2) is 46.4 Å². The highest BCUT2D eigenvalue weighted by atomic mass is 32.2. The van der Waals surface area contributed by atoms with Crippen LogP contribution in [-0.2, 0) is 15.3 Å². The fraction of sp³-hybridized carbons (Fsp3) is 0.435. The topological polar surface area (TPSA) is 72.3 Å². The van der Waals surface area contributed by atoms with Crippen LogP contribution in [0.4, 0.5) is 0 Å². The molecule has 31 heavy (non-hydrogen) atoms. The molecule has 0 aliphatic carbocycles. The summed E-state index contributed by atoms with van der Waals surface area (Å²) in [4.78, 5) is 20.6. The van der Waals surface area contributed by atoms with Gasteiger partial charge in [0.15, 0.2) is 0 Å². The Balaban J connectivity index is 1.85. The number of aromatic nitrogens is 2. The van der Waals surface area contributed by atoms with Gasteiger partial charge in [-0.2, -0.15) is 0 Å². The highest BCUT2D eigenvalue weighted by molar-refractivity contribution is 8.16. The molecule has 0 bridgehead atoms. The lowest BCUT2D eigenvalue weighted by Crippen LogP contribution is -2.26. The molecule has 0 amide bonds. The van der Waals surface area contributed by atoms with Crippen LogP contribution in [0.1, 0.15) is 48.2 Å². The van der Waals surface area contributed by atoms with Crippen molar-refractivity contribution in [2.24, 2.45) is 0 Å². The molecule has 1 aromatic carbocycles. The number of carboxylic acids is 1. The molecule has 8 heteroatoms. The van der Waals surface area contributed by atoms with E-state index in [1.165, 1.54) is 5.56 Å². The van der Waals surface area contributed by atoms with Crippen molar-refractivity contribution in [3.63, 3.8) is 0 Å². The molecule has 3 rings (SSSR count). The minimum atomic E-state index is -0.766. The highest BCUT2D eigenvalue weighted by Crippen LogP contribution is 2.53. The van der Waals surface area contributed by atoms with E-state index in [-0.39, 0.29) is 10.5 Å². The van der Waals surface area contributed by atoms with Crippen molar-refractivity contribution in [1.29, 1.82) is 0 Å². The third-order valence-electron chi connectivity index (χ3n) is 5.14. The second kappa shape index (κ2) is 11.2. The van der Waals surface area contributed by atoms with Crippen molar-refractivity contribution in [2.75, 3.05) is 25.4 Å². The van der Waals surface area contributed by atoms with Gasteiger partial charge in [0, 0.05) is 35.1 Å². The smallest absolute Gasteiger partial charge is 0.303 e. The van der Waals surface area contributed by atoms with Gasteiger partial charge in [0.25, 0.3) is 0 Å². The van der Waals surface area contributed by atoms with Crippen molar-refractivity contribution >= 4 is 41.3 Å². The fourth-order valence-electron chi connectivity index (χ4n) is 3.48. The van der Waals surface area contributed by atoms with Crippen LogP contribution < -0.4 is 4.74 Å². The quantitative estimate of drug-likeness (QED) is 0.246. The molecule has 0 fully saturated rings. The first kappa shape index (κ1) is 23.8. The minimum absolute atomic E-state index is 0.0172. The van der Waals surface area contributed by atoms with E-state index in [1.807, 2.05) is 29.8 Å². The van der Waals surface area contributed by atoms with E-state index >= 15 is 0 Å². The summed E-state index contributed by atoms with van der Waals surface area (Å²) in [5.74, 6) is 6.66. The van der Waals surface area contributed by atoms with Crippen LogP contribution in [0.25, 0.3) is 0 Å². The largest absolute Gasteiger partial charge is 0.493 e. The predicted molar refractivity (Wildman–Crippen MR) is 130 cm³/mol.